The monoisotopic (exact) mass is 406 g/mol. The first kappa shape index (κ1) is 21.6. The summed E-state index contributed by atoms with van der Waals surface area (Å²) < 4.78 is 23.1. The molecule has 0 aliphatic rings. The molecule has 3 rings (SSSR count). The van der Waals surface area contributed by atoms with E-state index < -0.39 is 0 Å². The second kappa shape index (κ2) is 9.57. The minimum Gasteiger partial charge on any atom is -0.498 e. The Hall–Kier alpha value is -3.14. The van der Waals surface area contributed by atoms with Crippen molar-refractivity contribution in [2.75, 3.05) is 26.4 Å². The van der Waals surface area contributed by atoms with Gasteiger partial charge >= 0.3 is 0 Å². The molecule has 0 heterocycles. The molecule has 0 spiro atoms. The minimum atomic E-state index is -0.0685. The summed E-state index contributed by atoms with van der Waals surface area (Å²) in [4.78, 5) is 0. The molecule has 0 radical (unpaired) electrons. The molecule has 4 heteroatoms. The number of ether oxygens (including phenoxy) is 4. The number of hydrogen-bond acceptors (Lipinski definition) is 4. The van der Waals surface area contributed by atoms with Crippen LogP contribution in [0.4, 0.5) is 0 Å². The van der Waals surface area contributed by atoms with E-state index in [1.165, 1.54) is 18.1 Å². The fourth-order valence-corrected chi connectivity index (χ4v) is 3.63. The third kappa shape index (κ3) is 4.54. The summed E-state index contributed by atoms with van der Waals surface area (Å²) in [7, 11) is 0. The van der Waals surface area contributed by atoms with Crippen molar-refractivity contribution in [3.8, 4) is 11.5 Å². The molecule has 0 aliphatic heterocycles. The molecular weight excluding hydrogens is 376 g/mol. The van der Waals surface area contributed by atoms with Crippen molar-refractivity contribution in [2.24, 2.45) is 0 Å². The Morgan fingerprint density at radius 2 is 1.23 bits per heavy atom. The van der Waals surface area contributed by atoms with Gasteiger partial charge in [-0.1, -0.05) is 76.4 Å². The van der Waals surface area contributed by atoms with Gasteiger partial charge in [-0.05, 0) is 11.0 Å². The molecule has 30 heavy (non-hydrogen) atoms. The third-order valence-corrected chi connectivity index (χ3v) is 4.89. The molecule has 0 saturated carbocycles. The first-order chi connectivity index (χ1) is 14.5. The minimum absolute atomic E-state index is 0.0685. The number of benzene rings is 3. The van der Waals surface area contributed by atoms with Crippen molar-refractivity contribution in [1.82, 2.24) is 0 Å². The smallest absolute Gasteiger partial charge is 0.135 e. The zero-order valence-corrected chi connectivity index (χ0v) is 18.1. The predicted molar refractivity (Wildman–Crippen MR) is 123 cm³/mol. The highest BCUT2D eigenvalue weighted by molar-refractivity contribution is 6.12. The lowest BCUT2D eigenvalue weighted by Gasteiger charge is -2.25. The summed E-state index contributed by atoms with van der Waals surface area (Å²) in [5.41, 5.74) is 1.14. The molecule has 0 saturated heterocycles. The largest absolute Gasteiger partial charge is 0.498 e. The Kier molecular flexibility index (Phi) is 6.88. The van der Waals surface area contributed by atoms with Crippen LogP contribution in [0.25, 0.3) is 21.5 Å². The summed E-state index contributed by atoms with van der Waals surface area (Å²) in [6.07, 6.45) is 2.86. The van der Waals surface area contributed by atoms with Crippen LogP contribution in [0.5, 0.6) is 11.5 Å². The normalized spacial score (nSPS) is 11.3. The van der Waals surface area contributed by atoms with E-state index in [9.17, 15) is 0 Å². The van der Waals surface area contributed by atoms with Crippen molar-refractivity contribution in [3.63, 3.8) is 0 Å². The molecule has 0 aromatic heterocycles. The number of fused-ring (bicyclic) bond motifs is 2. The topological polar surface area (TPSA) is 36.9 Å². The van der Waals surface area contributed by atoms with Crippen LogP contribution in [0.15, 0.2) is 68.1 Å². The SMILES string of the molecule is C=COCCOc1c2ccccc2c(OCCOC=C)c2c(C(C)(C)C)cccc12. The summed E-state index contributed by atoms with van der Waals surface area (Å²) in [6.45, 7) is 15.5. The molecule has 0 atom stereocenters. The highest BCUT2D eigenvalue weighted by Gasteiger charge is 2.24. The van der Waals surface area contributed by atoms with Crippen LogP contribution < -0.4 is 9.47 Å². The van der Waals surface area contributed by atoms with Gasteiger partial charge in [0, 0.05) is 21.5 Å². The van der Waals surface area contributed by atoms with Gasteiger partial charge in [0.1, 0.15) is 37.9 Å². The number of rotatable bonds is 10. The molecule has 4 nitrogen and oxygen atoms in total. The van der Waals surface area contributed by atoms with E-state index in [0.717, 1.165) is 33.0 Å². The predicted octanol–water partition coefficient (Wildman–Crippen LogP) is 6.37. The average Bonchev–Trinajstić information content (AvgIpc) is 2.73. The van der Waals surface area contributed by atoms with E-state index >= 15 is 0 Å². The first-order valence-electron chi connectivity index (χ1n) is 10.2. The molecular formula is C26H30O4. The van der Waals surface area contributed by atoms with Gasteiger partial charge in [0.2, 0.25) is 0 Å². The third-order valence-electron chi connectivity index (χ3n) is 4.89. The van der Waals surface area contributed by atoms with Crippen LogP contribution in [-0.4, -0.2) is 26.4 Å². The van der Waals surface area contributed by atoms with Crippen LogP contribution in [0.3, 0.4) is 0 Å². The van der Waals surface area contributed by atoms with Crippen molar-refractivity contribution < 1.29 is 18.9 Å². The highest BCUT2D eigenvalue weighted by atomic mass is 16.5. The Bertz CT molecular complexity index is 1030. The van der Waals surface area contributed by atoms with E-state index in [-0.39, 0.29) is 5.41 Å². The van der Waals surface area contributed by atoms with Gasteiger partial charge in [-0.25, -0.2) is 0 Å². The number of hydrogen-bond donors (Lipinski definition) is 0. The average molecular weight is 407 g/mol. The molecule has 0 unspecified atom stereocenters. The molecule has 0 aliphatic carbocycles. The Balaban J connectivity index is 2.25. The molecule has 158 valence electrons. The molecule has 3 aromatic rings. The van der Waals surface area contributed by atoms with Crippen LogP contribution >= 0.6 is 0 Å². The summed E-state index contributed by atoms with van der Waals surface area (Å²) in [5, 5.41) is 4.12. The van der Waals surface area contributed by atoms with Gasteiger partial charge in [-0.15, -0.1) is 0 Å². The van der Waals surface area contributed by atoms with E-state index in [0.29, 0.717) is 26.4 Å². The van der Waals surface area contributed by atoms with E-state index in [2.05, 4.69) is 64.3 Å². The van der Waals surface area contributed by atoms with Gasteiger partial charge < -0.3 is 18.9 Å². The first-order valence-corrected chi connectivity index (χ1v) is 10.2. The molecule has 3 aromatic carbocycles. The maximum Gasteiger partial charge on any atom is 0.135 e. The van der Waals surface area contributed by atoms with E-state index in [1.807, 2.05) is 12.1 Å². The van der Waals surface area contributed by atoms with Crippen molar-refractivity contribution >= 4 is 21.5 Å². The van der Waals surface area contributed by atoms with Gasteiger partial charge in [-0.2, -0.15) is 0 Å². The lowest BCUT2D eigenvalue weighted by molar-refractivity contribution is 0.180. The van der Waals surface area contributed by atoms with Gasteiger partial charge in [0.15, 0.2) is 0 Å². The second-order valence-corrected chi connectivity index (χ2v) is 7.95. The maximum absolute atomic E-state index is 6.30. The van der Waals surface area contributed by atoms with E-state index in [1.54, 1.807) is 0 Å². The Labute approximate surface area is 178 Å². The van der Waals surface area contributed by atoms with Gasteiger partial charge in [0.05, 0.1) is 12.5 Å². The second-order valence-electron chi connectivity index (χ2n) is 7.95. The molecule has 0 bridgehead atoms. The zero-order valence-electron chi connectivity index (χ0n) is 18.1. The summed E-state index contributed by atoms with van der Waals surface area (Å²) in [5.74, 6) is 1.70. The Morgan fingerprint density at radius 1 is 0.700 bits per heavy atom. The van der Waals surface area contributed by atoms with E-state index in [4.69, 9.17) is 18.9 Å². The van der Waals surface area contributed by atoms with Crippen LogP contribution in [0.2, 0.25) is 0 Å². The molecule has 0 amide bonds. The summed E-state index contributed by atoms with van der Waals surface area (Å²) >= 11 is 0. The van der Waals surface area contributed by atoms with Crippen LogP contribution in [0, 0.1) is 0 Å². The molecule has 0 fully saturated rings. The lowest BCUT2D eigenvalue weighted by Crippen LogP contribution is -2.14. The highest BCUT2D eigenvalue weighted by Crippen LogP contribution is 2.46. The van der Waals surface area contributed by atoms with Gasteiger partial charge in [0.25, 0.3) is 0 Å². The van der Waals surface area contributed by atoms with Crippen molar-refractivity contribution in [3.05, 3.63) is 73.7 Å². The zero-order chi connectivity index (χ0) is 21.6. The standard InChI is InChI=1S/C26H30O4/c1-6-27-15-17-29-24-19-11-8-9-12-20(19)25(30-18-16-28-7-2)23-21(24)13-10-14-22(23)26(3,4)5/h6-14H,1-2,15-18H2,3-5H3. The summed E-state index contributed by atoms with van der Waals surface area (Å²) in [6, 6.07) is 14.5. The van der Waals surface area contributed by atoms with Gasteiger partial charge in [-0.3, -0.25) is 0 Å². The Morgan fingerprint density at radius 3 is 1.80 bits per heavy atom. The van der Waals surface area contributed by atoms with Crippen molar-refractivity contribution in [1.29, 1.82) is 0 Å². The maximum atomic E-state index is 6.30. The molecule has 0 N–H and O–H groups in total. The quantitative estimate of drug-likeness (QED) is 0.223. The lowest BCUT2D eigenvalue weighted by atomic mass is 9.82. The van der Waals surface area contributed by atoms with Crippen LogP contribution in [0.1, 0.15) is 26.3 Å². The fourth-order valence-electron chi connectivity index (χ4n) is 3.63. The fraction of sp³-hybridized carbons (Fsp3) is 0.308. The van der Waals surface area contributed by atoms with Crippen molar-refractivity contribution in [2.45, 2.75) is 26.2 Å². The van der Waals surface area contributed by atoms with Crippen LogP contribution in [-0.2, 0) is 14.9 Å².